The van der Waals surface area contributed by atoms with Crippen LogP contribution in [0.3, 0.4) is 0 Å². The van der Waals surface area contributed by atoms with Gasteiger partial charge in [0, 0.05) is 31.9 Å². The molecule has 0 atom stereocenters. The molecule has 2 aromatic heterocycles. The van der Waals surface area contributed by atoms with E-state index in [4.69, 9.17) is 11.6 Å². The zero-order chi connectivity index (χ0) is 15.7. The summed E-state index contributed by atoms with van der Waals surface area (Å²) in [4.78, 5) is 18.8. The maximum absolute atomic E-state index is 12.6. The number of rotatable bonds is 2. The first-order chi connectivity index (χ1) is 10.6. The van der Waals surface area contributed by atoms with Crippen LogP contribution in [0, 0.1) is 13.8 Å². The predicted octanol–water partition coefficient (Wildman–Crippen LogP) is 2.00. The molecule has 0 spiro atoms. The lowest BCUT2D eigenvalue weighted by molar-refractivity contribution is 0.0730. The van der Waals surface area contributed by atoms with E-state index >= 15 is 0 Å². The van der Waals surface area contributed by atoms with Crippen molar-refractivity contribution >= 4 is 29.9 Å². The lowest BCUT2D eigenvalue weighted by Gasteiger charge is -2.27. The van der Waals surface area contributed by atoms with Crippen molar-refractivity contribution in [2.24, 2.45) is 0 Å². The van der Waals surface area contributed by atoms with Gasteiger partial charge in [0.15, 0.2) is 5.82 Å². The number of aromatic nitrogens is 3. The molecule has 0 aromatic carbocycles. The van der Waals surface area contributed by atoms with Crippen molar-refractivity contribution in [2.75, 3.05) is 26.2 Å². The SMILES string of the molecule is Cc1cc(C)n(-c2ccc(Cl)c(C(=O)N3CCNCC3)n2)n1.Cl. The largest absolute Gasteiger partial charge is 0.335 e. The number of carbonyl (C=O) groups excluding carboxylic acids is 1. The number of hydrogen-bond acceptors (Lipinski definition) is 4. The molecule has 124 valence electrons. The second-order valence-corrected chi connectivity index (χ2v) is 5.79. The van der Waals surface area contributed by atoms with Gasteiger partial charge < -0.3 is 10.2 Å². The Hall–Kier alpha value is -1.63. The lowest BCUT2D eigenvalue weighted by Crippen LogP contribution is -2.46. The van der Waals surface area contributed by atoms with Crippen molar-refractivity contribution in [2.45, 2.75) is 13.8 Å². The molecule has 23 heavy (non-hydrogen) atoms. The molecule has 1 aliphatic rings. The Bertz CT molecular complexity index is 710. The van der Waals surface area contributed by atoms with Crippen LogP contribution >= 0.6 is 24.0 Å². The number of aryl methyl sites for hydroxylation is 2. The van der Waals surface area contributed by atoms with Crippen LogP contribution in [-0.2, 0) is 0 Å². The smallest absolute Gasteiger partial charge is 0.274 e. The second kappa shape index (κ2) is 7.29. The predicted molar refractivity (Wildman–Crippen MR) is 91.9 cm³/mol. The number of nitrogens with zero attached hydrogens (tertiary/aromatic N) is 4. The van der Waals surface area contributed by atoms with Gasteiger partial charge >= 0.3 is 0 Å². The third-order valence-corrected chi connectivity index (χ3v) is 3.97. The van der Waals surface area contributed by atoms with Gasteiger partial charge in [-0.05, 0) is 32.0 Å². The fourth-order valence-corrected chi connectivity index (χ4v) is 2.76. The van der Waals surface area contributed by atoms with Crippen molar-refractivity contribution < 1.29 is 4.79 Å². The maximum Gasteiger partial charge on any atom is 0.274 e. The molecular formula is C15H19Cl2N5O. The molecule has 1 N–H and O–H groups in total. The fourth-order valence-electron chi connectivity index (χ4n) is 2.58. The van der Waals surface area contributed by atoms with Crippen molar-refractivity contribution in [3.05, 3.63) is 40.3 Å². The van der Waals surface area contributed by atoms with Gasteiger partial charge in [0.1, 0.15) is 5.69 Å². The van der Waals surface area contributed by atoms with Gasteiger partial charge in [0.2, 0.25) is 0 Å². The van der Waals surface area contributed by atoms with Crippen LogP contribution in [0.2, 0.25) is 5.02 Å². The van der Waals surface area contributed by atoms with Crippen LogP contribution in [0.15, 0.2) is 18.2 Å². The minimum atomic E-state index is -0.130. The summed E-state index contributed by atoms with van der Waals surface area (Å²) in [5, 5.41) is 7.99. The molecular weight excluding hydrogens is 337 g/mol. The van der Waals surface area contributed by atoms with E-state index < -0.39 is 0 Å². The van der Waals surface area contributed by atoms with Crippen molar-refractivity contribution in [1.29, 1.82) is 0 Å². The first-order valence-electron chi connectivity index (χ1n) is 7.26. The van der Waals surface area contributed by atoms with Gasteiger partial charge in [0.05, 0.1) is 10.7 Å². The Balaban J connectivity index is 0.00000192. The molecule has 0 aliphatic carbocycles. The zero-order valence-corrected chi connectivity index (χ0v) is 14.6. The van der Waals surface area contributed by atoms with Gasteiger partial charge in [-0.15, -0.1) is 12.4 Å². The summed E-state index contributed by atoms with van der Waals surface area (Å²) in [5.41, 5.74) is 2.16. The zero-order valence-electron chi connectivity index (χ0n) is 13.0. The summed E-state index contributed by atoms with van der Waals surface area (Å²) in [7, 11) is 0. The molecule has 0 saturated carbocycles. The Morgan fingerprint density at radius 2 is 1.96 bits per heavy atom. The monoisotopic (exact) mass is 355 g/mol. The summed E-state index contributed by atoms with van der Waals surface area (Å²) in [6.45, 7) is 6.79. The number of halogens is 2. The Morgan fingerprint density at radius 1 is 1.26 bits per heavy atom. The number of hydrogen-bond donors (Lipinski definition) is 1. The minimum Gasteiger partial charge on any atom is -0.335 e. The van der Waals surface area contributed by atoms with E-state index in [2.05, 4.69) is 15.4 Å². The van der Waals surface area contributed by atoms with Crippen molar-refractivity contribution in [3.8, 4) is 5.82 Å². The molecule has 8 heteroatoms. The third-order valence-electron chi connectivity index (χ3n) is 3.66. The molecule has 0 radical (unpaired) electrons. The van der Waals surface area contributed by atoms with Gasteiger partial charge in [-0.3, -0.25) is 4.79 Å². The quantitative estimate of drug-likeness (QED) is 0.894. The fraction of sp³-hybridized carbons (Fsp3) is 0.400. The molecule has 1 fully saturated rings. The molecule has 3 rings (SSSR count). The van der Waals surface area contributed by atoms with E-state index in [1.54, 1.807) is 21.7 Å². The summed E-state index contributed by atoms with van der Waals surface area (Å²) < 4.78 is 1.72. The molecule has 1 aliphatic heterocycles. The standard InChI is InChI=1S/C15H18ClN5O.ClH/c1-10-9-11(2)21(19-10)13-4-3-12(16)14(18-13)15(22)20-7-5-17-6-8-20;/h3-4,9,17H,5-8H2,1-2H3;1H. The van der Waals surface area contributed by atoms with E-state index in [0.29, 0.717) is 23.9 Å². The van der Waals surface area contributed by atoms with Gasteiger partial charge in [-0.1, -0.05) is 11.6 Å². The first kappa shape index (κ1) is 17.7. The van der Waals surface area contributed by atoms with E-state index in [-0.39, 0.29) is 24.0 Å². The van der Waals surface area contributed by atoms with Gasteiger partial charge in [-0.2, -0.15) is 5.10 Å². The van der Waals surface area contributed by atoms with Crippen LogP contribution in [0.1, 0.15) is 21.9 Å². The van der Waals surface area contributed by atoms with Crippen molar-refractivity contribution in [1.82, 2.24) is 25.0 Å². The maximum atomic E-state index is 12.6. The highest BCUT2D eigenvalue weighted by Gasteiger charge is 2.22. The first-order valence-corrected chi connectivity index (χ1v) is 7.64. The molecule has 3 heterocycles. The van der Waals surface area contributed by atoms with Crippen LogP contribution in [-0.4, -0.2) is 51.8 Å². The summed E-state index contributed by atoms with van der Waals surface area (Å²) in [6, 6.07) is 5.44. The number of piperazine rings is 1. The van der Waals surface area contributed by atoms with E-state index in [0.717, 1.165) is 24.5 Å². The number of carbonyl (C=O) groups is 1. The van der Waals surface area contributed by atoms with E-state index in [9.17, 15) is 4.79 Å². The topological polar surface area (TPSA) is 63.1 Å². The second-order valence-electron chi connectivity index (χ2n) is 5.38. The van der Waals surface area contributed by atoms with Crippen LogP contribution in [0.5, 0.6) is 0 Å². The van der Waals surface area contributed by atoms with Crippen LogP contribution < -0.4 is 5.32 Å². The highest BCUT2D eigenvalue weighted by atomic mass is 35.5. The molecule has 0 bridgehead atoms. The molecule has 1 saturated heterocycles. The minimum absolute atomic E-state index is 0. The third kappa shape index (κ3) is 3.65. The van der Waals surface area contributed by atoms with E-state index in [1.165, 1.54) is 0 Å². The number of pyridine rings is 1. The summed E-state index contributed by atoms with van der Waals surface area (Å²) in [6.07, 6.45) is 0. The number of amides is 1. The van der Waals surface area contributed by atoms with Crippen LogP contribution in [0.4, 0.5) is 0 Å². The Labute approximate surface area is 146 Å². The molecule has 2 aromatic rings. The summed E-state index contributed by atoms with van der Waals surface area (Å²) >= 11 is 6.19. The highest BCUT2D eigenvalue weighted by Crippen LogP contribution is 2.19. The Kier molecular flexibility index (Phi) is 5.62. The lowest BCUT2D eigenvalue weighted by atomic mass is 10.2. The van der Waals surface area contributed by atoms with Gasteiger partial charge in [-0.25, -0.2) is 9.67 Å². The summed E-state index contributed by atoms with van der Waals surface area (Å²) in [5.74, 6) is 0.475. The van der Waals surface area contributed by atoms with Crippen molar-refractivity contribution in [3.63, 3.8) is 0 Å². The normalized spacial score (nSPS) is 14.5. The molecule has 6 nitrogen and oxygen atoms in total. The van der Waals surface area contributed by atoms with E-state index in [1.807, 2.05) is 19.9 Å². The average molecular weight is 356 g/mol. The highest BCUT2D eigenvalue weighted by molar-refractivity contribution is 6.33. The average Bonchev–Trinajstić information content (AvgIpc) is 2.86. The van der Waals surface area contributed by atoms with Gasteiger partial charge in [0.25, 0.3) is 5.91 Å². The molecule has 1 amide bonds. The number of nitrogens with one attached hydrogen (secondary N) is 1. The molecule has 0 unspecified atom stereocenters. The van der Waals surface area contributed by atoms with Crippen LogP contribution in [0.25, 0.3) is 5.82 Å². The Morgan fingerprint density at radius 3 is 2.57 bits per heavy atom.